The van der Waals surface area contributed by atoms with Crippen molar-refractivity contribution in [2.45, 2.75) is 103 Å². The molecular formula is C24H38O4. The molecule has 0 aliphatic heterocycles. The first-order chi connectivity index (χ1) is 13.3. The average Bonchev–Trinajstić information content (AvgIpc) is 3.38. The molecule has 0 heterocycles. The molecule has 1 fully saturated rings. The molecule has 0 atom stereocenters. The molecule has 158 valence electrons. The molecule has 1 saturated carbocycles. The van der Waals surface area contributed by atoms with E-state index in [1.165, 1.54) is 12.8 Å². The Balaban J connectivity index is 1.74. The summed E-state index contributed by atoms with van der Waals surface area (Å²) in [7, 11) is 0. The van der Waals surface area contributed by atoms with Gasteiger partial charge in [0.2, 0.25) is 0 Å². The van der Waals surface area contributed by atoms with E-state index in [9.17, 15) is 15.0 Å². The van der Waals surface area contributed by atoms with E-state index in [1.807, 2.05) is 6.07 Å². The molecular weight excluding hydrogens is 352 g/mol. The Bertz CT molecular complexity index is 626. The van der Waals surface area contributed by atoms with Gasteiger partial charge in [-0.2, -0.15) is 0 Å². The summed E-state index contributed by atoms with van der Waals surface area (Å²) in [6.45, 7) is 7.35. The largest absolute Gasteiger partial charge is 0.508 e. The second kappa shape index (κ2) is 10.2. The SMILES string of the molecule is CC(C)(C)CCCCCc1c(O)ccc(CCCCCC2(OC=O)CC2)c1O. The van der Waals surface area contributed by atoms with Crippen molar-refractivity contribution in [3.05, 3.63) is 23.3 Å². The highest BCUT2D eigenvalue weighted by Crippen LogP contribution is 2.43. The predicted molar refractivity (Wildman–Crippen MR) is 113 cm³/mol. The number of hydrogen-bond donors (Lipinski definition) is 2. The van der Waals surface area contributed by atoms with E-state index in [-0.39, 0.29) is 17.1 Å². The number of unbranched alkanes of at least 4 members (excludes halogenated alkanes) is 4. The summed E-state index contributed by atoms with van der Waals surface area (Å²) in [5.41, 5.74) is 1.82. The highest BCUT2D eigenvalue weighted by molar-refractivity contribution is 5.48. The molecule has 1 aliphatic rings. The van der Waals surface area contributed by atoms with Gasteiger partial charge >= 0.3 is 0 Å². The molecule has 0 aromatic heterocycles. The summed E-state index contributed by atoms with van der Waals surface area (Å²) in [5, 5.41) is 20.8. The Morgan fingerprint density at radius 3 is 2.32 bits per heavy atom. The summed E-state index contributed by atoms with van der Waals surface area (Å²) < 4.78 is 5.18. The Kier molecular flexibility index (Phi) is 8.21. The van der Waals surface area contributed by atoms with E-state index in [2.05, 4.69) is 20.8 Å². The van der Waals surface area contributed by atoms with E-state index >= 15 is 0 Å². The molecule has 0 amide bonds. The van der Waals surface area contributed by atoms with Crippen molar-refractivity contribution in [1.29, 1.82) is 0 Å². The molecule has 2 rings (SSSR count). The number of aryl methyl sites for hydroxylation is 1. The zero-order valence-corrected chi connectivity index (χ0v) is 17.9. The average molecular weight is 391 g/mol. The van der Waals surface area contributed by atoms with Crippen molar-refractivity contribution in [3.8, 4) is 11.5 Å². The van der Waals surface area contributed by atoms with Gasteiger partial charge in [0, 0.05) is 5.56 Å². The first kappa shape index (κ1) is 22.6. The van der Waals surface area contributed by atoms with Gasteiger partial charge in [0.15, 0.2) is 0 Å². The van der Waals surface area contributed by atoms with Gasteiger partial charge in [0.25, 0.3) is 6.47 Å². The number of carbonyl (C=O) groups is 1. The van der Waals surface area contributed by atoms with Crippen LogP contribution in [0.2, 0.25) is 0 Å². The zero-order chi connectivity index (χ0) is 20.6. The van der Waals surface area contributed by atoms with Crippen molar-refractivity contribution < 1.29 is 19.7 Å². The van der Waals surface area contributed by atoms with Crippen molar-refractivity contribution in [3.63, 3.8) is 0 Å². The summed E-state index contributed by atoms with van der Waals surface area (Å²) in [4.78, 5) is 10.5. The summed E-state index contributed by atoms with van der Waals surface area (Å²) in [6.07, 6.45) is 12.0. The van der Waals surface area contributed by atoms with Gasteiger partial charge in [-0.25, -0.2) is 0 Å². The predicted octanol–water partition coefficient (Wildman–Crippen LogP) is 6.06. The number of phenolic OH excluding ortho intramolecular Hbond substituents is 2. The quantitative estimate of drug-likeness (QED) is 0.317. The van der Waals surface area contributed by atoms with Crippen LogP contribution in [0.1, 0.15) is 96.1 Å². The minimum absolute atomic E-state index is 0.164. The highest BCUT2D eigenvalue weighted by atomic mass is 16.5. The third-order valence-electron chi connectivity index (χ3n) is 5.88. The molecule has 1 aliphatic carbocycles. The number of rotatable bonds is 13. The fourth-order valence-corrected chi connectivity index (χ4v) is 3.86. The molecule has 1 aromatic rings. The molecule has 1 aromatic carbocycles. The van der Waals surface area contributed by atoms with Crippen LogP contribution in [0.25, 0.3) is 0 Å². The first-order valence-electron chi connectivity index (χ1n) is 10.9. The topological polar surface area (TPSA) is 66.8 Å². The second-order valence-electron chi connectivity index (χ2n) is 9.65. The number of aromatic hydroxyl groups is 2. The van der Waals surface area contributed by atoms with Gasteiger partial charge in [-0.15, -0.1) is 0 Å². The Hall–Kier alpha value is -1.71. The lowest BCUT2D eigenvalue weighted by Crippen LogP contribution is -2.12. The second-order valence-corrected chi connectivity index (χ2v) is 9.65. The number of hydrogen-bond acceptors (Lipinski definition) is 4. The van der Waals surface area contributed by atoms with E-state index in [0.29, 0.717) is 17.5 Å². The summed E-state index contributed by atoms with van der Waals surface area (Å²) >= 11 is 0. The molecule has 28 heavy (non-hydrogen) atoms. The normalized spacial score (nSPS) is 15.4. The fraction of sp³-hybridized carbons (Fsp3) is 0.708. The fourth-order valence-electron chi connectivity index (χ4n) is 3.86. The van der Waals surface area contributed by atoms with Gasteiger partial charge in [-0.1, -0.05) is 46.1 Å². The molecule has 0 bridgehead atoms. The molecule has 4 nitrogen and oxygen atoms in total. The Morgan fingerprint density at radius 2 is 1.68 bits per heavy atom. The van der Waals surface area contributed by atoms with Gasteiger partial charge in [-0.05, 0) is 74.8 Å². The van der Waals surface area contributed by atoms with E-state index in [1.54, 1.807) is 6.07 Å². The molecule has 4 heteroatoms. The molecule has 2 N–H and O–H groups in total. The summed E-state index contributed by atoms with van der Waals surface area (Å²) in [6, 6.07) is 3.56. The standard InChI is InChI=1S/C24H38O4/c1-23(2,3)14-8-5-7-11-20-21(26)13-12-19(22(20)27)10-6-4-9-15-24(16-17-24)28-18-25/h12-13,18,26-27H,4-11,14-17H2,1-3H3. The van der Waals surface area contributed by atoms with Gasteiger partial charge < -0.3 is 14.9 Å². The van der Waals surface area contributed by atoms with E-state index in [0.717, 1.165) is 69.8 Å². The summed E-state index contributed by atoms with van der Waals surface area (Å²) in [5.74, 6) is 0.484. The van der Waals surface area contributed by atoms with Crippen LogP contribution in [0.3, 0.4) is 0 Å². The lowest BCUT2D eigenvalue weighted by Gasteiger charge is -2.17. The van der Waals surface area contributed by atoms with Gasteiger partial charge in [0.1, 0.15) is 17.1 Å². The molecule has 0 radical (unpaired) electrons. The lowest BCUT2D eigenvalue weighted by atomic mass is 9.89. The van der Waals surface area contributed by atoms with Crippen LogP contribution >= 0.6 is 0 Å². The van der Waals surface area contributed by atoms with E-state index < -0.39 is 0 Å². The number of ether oxygens (including phenoxy) is 1. The monoisotopic (exact) mass is 390 g/mol. The van der Waals surface area contributed by atoms with E-state index in [4.69, 9.17) is 4.74 Å². The van der Waals surface area contributed by atoms with Crippen LogP contribution in [0.15, 0.2) is 12.1 Å². The molecule has 0 unspecified atom stereocenters. The minimum Gasteiger partial charge on any atom is -0.508 e. The maximum Gasteiger partial charge on any atom is 0.293 e. The highest BCUT2D eigenvalue weighted by Gasteiger charge is 2.44. The van der Waals surface area contributed by atoms with Crippen molar-refractivity contribution in [2.75, 3.05) is 0 Å². The van der Waals surface area contributed by atoms with Crippen LogP contribution in [-0.4, -0.2) is 22.3 Å². The third-order valence-corrected chi connectivity index (χ3v) is 5.88. The number of phenols is 2. The first-order valence-corrected chi connectivity index (χ1v) is 10.9. The van der Waals surface area contributed by atoms with Gasteiger partial charge in [-0.3, -0.25) is 4.79 Å². The molecule has 0 saturated heterocycles. The molecule has 0 spiro atoms. The maximum absolute atomic E-state index is 10.6. The van der Waals surface area contributed by atoms with Crippen molar-refractivity contribution in [2.24, 2.45) is 5.41 Å². The van der Waals surface area contributed by atoms with Gasteiger partial charge in [0.05, 0.1) is 0 Å². The number of benzene rings is 1. The third kappa shape index (κ3) is 7.37. The maximum atomic E-state index is 10.6. The van der Waals surface area contributed by atoms with Crippen LogP contribution in [0.5, 0.6) is 11.5 Å². The zero-order valence-electron chi connectivity index (χ0n) is 17.9. The van der Waals surface area contributed by atoms with Crippen molar-refractivity contribution >= 4 is 6.47 Å². The van der Waals surface area contributed by atoms with Crippen LogP contribution in [-0.2, 0) is 22.4 Å². The number of carbonyl (C=O) groups excluding carboxylic acids is 1. The van der Waals surface area contributed by atoms with Crippen molar-refractivity contribution in [1.82, 2.24) is 0 Å². The van der Waals surface area contributed by atoms with Crippen LogP contribution < -0.4 is 0 Å². The van der Waals surface area contributed by atoms with Crippen LogP contribution in [0.4, 0.5) is 0 Å². The smallest absolute Gasteiger partial charge is 0.293 e. The van der Waals surface area contributed by atoms with Crippen LogP contribution in [0, 0.1) is 5.41 Å². The minimum atomic E-state index is -0.164. The Labute approximate surface area is 170 Å². The Morgan fingerprint density at radius 1 is 1.00 bits per heavy atom. The lowest BCUT2D eigenvalue weighted by molar-refractivity contribution is -0.135.